The molecule has 1 unspecified atom stereocenters. The minimum Gasteiger partial charge on any atom is -0.334 e. The van der Waals surface area contributed by atoms with E-state index < -0.39 is 0 Å². The molecule has 5 nitrogen and oxygen atoms in total. The van der Waals surface area contributed by atoms with Crippen molar-refractivity contribution in [2.24, 2.45) is 0 Å². The lowest BCUT2D eigenvalue weighted by molar-refractivity contribution is 0.0596. The highest BCUT2D eigenvalue weighted by Crippen LogP contribution is 2.22. The molecule has 1 aliphatic heterocycles. The number of hydrogen-bond acceptors (Lipinski definition) is 2. The zero-order valence-corrected chi connectivity index (χ0v) is 12.5. The molecular weight excluding hydrogens is 278 g/mol. The average molecular weight is 299 g/mol. The number of likely N-dealkylation sites (tertiary alicyclic amines) is 1. The van der Waals surface area contributed by atoms with Gasteiger partial charge < -0.3 is 14.9 Å². The van der Waals surface area contributed by atoms with Gasteiger partial charge in [-0.3, -0.25) is 4.79 Å². The Hall–Kier alpha value is -2.30. The predicted octanol–water partition coefficient (Wildman–Crippen LogP) is 2.33. The van der Waals surface area contributed by atoms with Crippen LogP contribution in [0.25, 0.3) is 0 Å². The number of aromatic amines is 2. The third-order valence-electron chi connectivity index (χ3n) is 4.32. The number of amides is 1. The first-order chi connectivity index (χ1) is 10.7. The molecule has 0 aliphatic carbocycles. The summed E-state index contributed by atoms with van der Waals surface area (Å²) in [5, 5.41) is 0. The van der Waals surface area contributed by atoms with Gasteiger partial charge in [0.05, 0.1) is 0 Å². The van der Waals surface area contributed by atoms with Gasteiger partial charge in [0.15, 0.2) is 0 Å². The fraction of sp³-hybridized carbons (Fsp3) is 0.412. The Morgan fingerprint density at radius 2 is 2.05 bits per heavy atom. The molecule has 1 aromatic carbocycles. The summed E-state index contributed by atoms with van der Waals surface area (Å²) in [5.74, 6) is -0.0730. The molecule has 0 bridgehead atoms. The van der Waals surface area contributed by atoms with Gasteiger partial charge in [0.2, 0.25) is 0 Å². The van der Waals surface area contributed by atoms with E-state index in [4.69, 9.17) is 0 Å². The summed E-state index contributed by atoms with van der Waals surface area (Å²) in [6.07, 6.45) is 6.62. The molecule has 0 radical (unpaired) electrons. The van der Waals surface area contributed by atoms with Gasteiger partial charge in [0.25, 0.3) is 5.91 Å². The van der Waals surface area contributed by atoms with Gasteiger partial charge >= 0.3 is 5.69 Å². The van der Waals surface area contributed by atoms with Crippen LogP contribution in [0.2, 0.25) is 0 Å². The maximum absolute atomic E-state index is 12.6. The molecule has 1 saturated heterocycles. The Morgan fingerprint density at radius 1 is 1.23 bits per heavy atom. The molecule has 1 atom stereocenters. The van der Waals surface area contributed by atoms with E-state index in [1.165, 1.54) is 11.8 Å². The lowest BCUT2D eigenvalue weighted by Gasteiger charge is -2.35. The van der Waals surface area contributed by atoms with E-state index in [0.29, 0.717) is 5.69 Å². The number of imidazole rings is 1. The van der Waals surface area contributed by atoms with Gasteiger partial charge in [-0.1, -0.05) is 30.3 Å². The van der Waals surface area contributed by atoms with Crippen LogP contribution in [0.15, 0.2) is 41.3 Å². The van der Waals surface area contributed by atoms with E-state index in [1.807, 2.05) is 23.1 Å². The molecule has 22 heavy (non-hydrogen) atoms. The molecule has 116 valence electrons. The number of H-pyrrole nitrogens is 2. The summed E-state index contributed by atoms with van der Waals surface area (Å²) in [7, 11) is 0. The number of nitrogens with zero attached hydrogens (tertiary/aromatic N) is 1. The molecule has 1 aromatic heterocycles. The van der Waals surface area contributed by atoms with Crippen molar-refractivity contribution >= 4 is 5.91 Å². The minimum atomic E-state index is -0.332. The third kappa shape index (κ3) is 3.30. The highest BCUT2D eigenvalue weighted by atomic mass is 16.2. The molecule has 2 aromatic rings. The van der Waals surface area contributed by atoms with E-state index in [1.54, 1.807) is 0 Å². The van der Waals surface area contributed by atoms with Gasteiger partial charge in [-0.05, 0) is 37.7 Å². The Kier molecular flexibility index (Phi) is 4.42. The van der Waals surface area contributed by atoms with E-state index in [-0.39, 0.29) is 17.6 Å². The summed E-state index contributed by atoms with van der Waals surface area (Å²) in [6, 6.07) is 10.6. The SMILES string of the molecule is O=C(c1c[nH]c(=O)[nH]1)N1CCCCC1CCc1ccccc1. The summed E-state index contributed by atoms with van der Waals surface area (Å²) >= 11 is 0. The van der Waals surface area contributed by atoms with Crippen molar-refractivity contribution in [3.63, 3.8) is 0 Å². The van der Waals surface area contributed by atoms with Crippen molar-refractivity contribution in [3.05, 3.63) is 58.3 Å². The first-order valence-corrected chi connectivity index (χ1v) is 7.86. The van der Waals surface area contributed by atoms with Gasteiger partial charge in [-0.25, -0.2) is 4.79 Å². The van der Waals surface area contributed by atoms with Gasteiger partial charge in [0.1, 0.15) is 5.69 Å². The zero-order chi connectivity index (χ0) is 15.4. The second-order valence-corrected chi connectivity index (χ2v) is 5.83. The van der Waals surface area contributed by atoms with Crippen molar-refractivity contribution in [2.45, 2.75) is 38.1 Å². The first kappa shape index (κ1) is 14.6. The summed E-state index contributed by atoms with van der Waals surface area (Å²) in [6.45, 7) is 0.769. The standard InChI is InChI=1S/C17H21N3O2/c21-16(15-12-18-17(22)19-15)20-11-5-4-8-14(20)10-9-13-6-2-1-3-7-13/h1-3,6-7,12,14H,4-5,8-11H2,(H2,18,19,22). The number of benzene rings is 1. The normalized spacial score (nSPS) is 18.4. The number of aryl methyl sites for hydroxylation is 1. The van der Waals surface area contributed by atoms with Crippen LogP contribution >= 0.6 is 0 Å². The van der Waals surface area contributed by atoms with Gasteiger partial charge in [-0.15, -0.1) is 0 Å². The molecule has 3 rings (SSSR count). The summed E-state index contributed by atoms with van der Waals surface area (Å²) in [5.41, 5.74) is 1.33. The Morgan fingerprint density at radius 3 is 2.77 bits per heavy atom. The quantitative estimate of drug-likeness (QED) is 0.909. The first-order valence-electron chi connectivity index (χ1n) is 7.86. The van der Waals surface area contributed by atoms with Crippen LogP contribution in [0, 0.1) is 0 Å². The molecular formula is C17H21N3O2. The summed E-state index contributed by atoms with van der Waals surface area (Å²) < 4.78 is 0. The number of nitrogens with one attached hydrogen (secondary N) is 2. The number of carbonyl (C=O) groups is 1. The Balaban J connectivity index is 1.68. The van der Waals surface area contributed by atoms with Crippen LogP contribution in [-0.2, 0) is 6.42 Å². The fourth-order valence-corrected chi connectivity index (χ4v) is 3.15. The third-order valence-corrected chi connectivity index (χ3v) is 4.32. The number of carbonyl (C=O) groups excluding carboxylic acids is 1. The van der Waals surface area contributed by atoms with Crippen LogP contribution in [0.1, 0.15) is 41.7 Å². The number of rotatable bonds is 4. The molecule has 1 amide bonds. The predicted molar refractivity (Wildman–Crippen MR) is 84.9 cm³/mol. The maximum Gasteiger partial charge on any atom is 0.323 e. The lowest BCUT2D eigenvalue weighted by Crippen LogP contribution is -2.44. The minimum absolute atomic E-state index is 0.0730. The van der Waals surface area contributed by atoms with E-state index in [0.717, 1.165) is 38.6 Å². The van der Waals surface area contributed by atoms with Crippen molar-refractivity contribution in [2.75, 3.05) is 6.54 Å². The maximum atomic E-state index is 12.6. The highest BCUT2D eigenvalue weighted by Gasteiger charge is 2.27. The monoisotopic (exact) mass is 299 g/mol. The lowest BCUT2D eigenvalue weighted by atomic mass is 9.95. The average Bonchev–Trinajstić information content (AvgIpc) is 3.00. The topological polar surface area (TPSA) is 69.0 Å². The smallest absolute Gasteiger partial charge is 0.323 e. The molecule has 0 saturated carbocycles. The van der Waals surface area contributed by atoms with E-state index >= 15 is 0 Å². The van der Waals surface area contributed by atoms with Crippen LogP contribution in [0.5, 0.6) is 0 Å². The zero-order valence-electron chi connectivity index (χ0n) is 12.5. The molecule has 1 aliphatic rings. The van der Waals surface area contributed by atoms with Crippen LogP contribution in [0.3, 0.4) is 0 Å². The number of piperidine rings is 1. The van der Waals surface area contributed by atoms with Crippen LogP contribution < -0.4 is 5.69 Å². The molecule has 0 spiro atoms. The second kappa shape index (κ2) is 6.64. The number of hydrogen-bond donors (Lipinski definition) is 2. The second-order valence-electron chi connectivity index (χ2n) is 5.83. The largest absolute Gasteiger partial charge is 0.334 e. The van der Waals surface area contributed by atoms with Crippen LogP contribution in [-0.4, -0.2) is 33.4 Å². The van der Waals surface area contributed by atoms with Crippen molar-refractivity contribution in [1.29, 1.82) is 0 Å². The number of aromatic nitrogens is 2. The molecule has 1 fully saturated rings. The van der Waals surface area contributed by atoms with Crippen molar-refractivity contribution in [3.8, 4) is 0 Å². The van der Waals surface area contributed by atoms with Crippen molar-refractivity contribution in [1.82, 2.24) is 14.9 Å². The van der Waals surface area contributed by atoms with Crippen LogP contribution in [0.4, 0.5) is 0 Å². The van der Waals surface area contributed by atoms with E-state index in [2.05, 4.69) is 22.1 Å². The van der Waals surface area contributed by atoms with Crippen molar-refractivity contribution < 1.29 is 4.79 Å². The van der Waals surface area contributed by atoms with Gasteiger partial charge in [-0.2, -0.15) is 0 Å². The molecule has 5 heteroatoms. The highest BCUT2D eigenvalue weighted by molar-refractivity contribution is 5.92. The Bertz CT molecular complexity index is 674. The molecule has 2 N–H and O–H groups in total. The molecule has 2 heterocycles. The Labute approximate surface area is 129 Å². The van der Waals surface area contributed by atoms with E-state index in [9.17, 15) is 9.59 Å². The van der Waals surface area contributed by atoms with Gasteiger partial charge in [0, 0.05) is 18.8 Å². The summed E-state index contributed by atoms with van der Waals surface area (Å²) in [4.78, 5) is 30.7. The fourth-order valence-electron chi connectivity index (χ4n) is 3.15.